The Bertz CT molecular complexity index is 423. The minimum atomic E-state index is 0.214. The van der Waals surface area contributed by atoms with Crippen LogP contribution in [0.25, 0.3) is 4.96 Å². The van der Waals surface area contributed by atoms with Crippen LogP contribution >= 0.6 is 11.3 Å². The summed E-state index contributed by atoms with van der Waals surface area (Å²) >= 11 is 1.65. The van der Waals surface area contributed by atoms with Crippen molar-refractivity contribution in [3.8, 4) is 0 Å². The molecule has 0 radical (unpaired) electrons. The van der Waals surface area contributed by atoms with Crippen LogP contribution in [-0.2, 0) is 6.54 Å². The second kappa shape index (κ2) is 6.14. The number of aromatic nitrogens is 2. The number of nitrogens with zero attached hydrogens (tertiary/aromatic N) is 3. The maximum absolute atomic E-state index is 9.05. The van der Waals surface area contributed by atoms with Crippen molar-refractivity contribution in [1.82, 2.24) is 14.3 Å². The molecule has 94 valence electrons. The van der Waals surface area contributed by atoms with Crippen LogP contribution in [0.3, 0.4) is 0 Å². The third kappa shape index (κ3) is 3.28. The zero-order valence-corrected chi connectivity index (χ0v) is 11.0. The lowest BCUT2D eigenvalue weighted by atomic mass is 10.3. The van der Waals surface area contributed by atoms with Crippen LogP contribution in [0, 0.1) is 0 Å². The molecule has 1 N–H and O–H groups in total. The highest BCUT2D eigenvalue weighted by Crippen LogP contribution is 2.13. The summed E-state index contributed by atoms with van der Waals surface area (Å²) in [5.41, 5.74) is 1.08. The van der Waals surface area contributed by atoms with E-state index in [4.69, 9.17) is 5.11 Å². The average Bonchev–Trinajstić information content (AvgIpc) is 2.86. The number of imidazole rings is 1. The highest BCUT2D eigenvalue weighted by Gasteiger charge is 2.08. The van der Waals surface area contributed by atoms with E-state index in [1.165, 1.54) is 12.8 Å². The molecular formula is C12H19N3OS. The molecule has 5 heteroatoms. The van der Waals surface area contributed by atoms with Gasteiger partial charge in [0, 0.05) is 30.9 Å². The summed E-state index contributed by atoms with van der Waals surface area (Å²) in [6.07, 6.45) is 6.45. The number of aliphatic hydroxyl groups excluding tert-OH is 1. The number of hydrogen-bond donors (Lipinski definition) is 1. The molecule has 2 aromatic rings. The van der Waals surface area contributed by atoms with Crippen LogP contribution in [0.2, 0.25) is 0 Å². The molecule has 2 aromatic heterocycles. The van der Waals surface area contributed by atoms with Crippen LogP contribution in [-0.4, -0.2) is 39.1 Å². The normalized spacial score (nSPS) is 11.7. The molecule has 0 bridgehead atoms. The molecule has 0 aliphatic rings. The minimum absolute atomic E-state index is 0.214. The Hall–Kier alpha value is -0.910. The van der Waals surface area contributed by atoms with Gasteiger partial charge in [0.15, 0.2) is 4.96 Å². The Morgan fingerprint density at radius 2 is 2.35 bits per heavy atom. The number of fused-ring (bicyclic) bond motifs is 1. The van der Waals surface area contributed by atoms with E-state index in [-0.39, 0.29) is 6.61 Å². The number of aliphatic hydroxyl groups is 1. The Balaban J connectivity index is 1.98. The molecular weight excluding hydrogens is 234 g/mol. The zero-order valence-electron chi connectivity index (χ0n) is 10.2. The molecule has 4 nitrogen and oxygen atoms in total. The molecule has 0 fully saturated rings. The number of thiazole rings is 1. The van der Waals surface area contributed by atoms with Crippen LogP contribution in [0.15, 0.2) is 17.8 Å². The van der Waals surface area contributed by atoms with Crippen LogP contribution in [0.1, 0.15) is 25.5 Å². The fraction of sp³-hybridized carbons (Fsp3) is 0.583. The van der Waals surface area contributed by atoms with Gasteiger partial charge in [-0.1, -0.05) is 13.3 Å². The average molecular weight is 253 g/mol. The monoisotopic (exact) mass is 253 g/mol. The summed E-state index contributed by atoms with van der Waals surface area (Å²) in [5, 5.41) is 11.1. The fourth-order valence-corrected chi connectivity index (χ4v) is 2.59. The van der Waals surface area contributed by atoms with Gasteiger partial charge < -0.3 is 5.11 Å². The number of rotatable bonds is 7. The predicted octanol–water partition coefficient (Wildman–Crippen LogP) is 1.99. The van der Waals surface area contributed by atoms with Gasteiger partial charge in [0.25, 0.3) is 0 Å². The molecule has 17 heavy (non-hydrogen) atoms. The maximum atomic E-state index is 9.05. The third-order valence-corrected chi connectivity index (χ3v) is 3.54. The van der Waals surface area contributed by atoms with E-state index < -0.39 is 0 Å². The summed E-state index contributed by atoms with van der Waals surface area (Å²) in [4.78, 5) is 7.86. The molecule has 0 aromatic carbocycles. The van der Waals surface area contributed by atoms with Gasteiger partial charge in [-0.25, -0.2) is 4.98 Å². The van der Waals surface area contributed by atoms with E-state index in [1.807, 2.05) is 11.6 Å². The largest absolute Gasteiger partial charge is 0.395 e. The summed E-state index contributed by atoms with van der Waals surface area (Å²) in [5.74, 6) is 0. The predicted molar refractivity (Wildman–Crippen MR) is 70.3 cm³/mol. The first-order valence-electron chi connectivity index (χ1n) is 6.07. The molecule has 0 saturated carbocycles. The fourth-order valence-electron chi connectivity index (χ4n) is 1.87. The number of hydrogen-bond acceptors (Lipinski definition) is 4. The van der Waals surface area contributed by atoms with Crippen LogP contribution in [0.5, 0.6) is 0 Å². The lowest BCUT2D eigenvalue weighted by molar-refractivity contribution is 0.187. The quantitative estimate of drug-likeness (QED) is 0.820. The van der Waals surface area contributed by atoms with E-state index in [0.29, 0.717) is 0 Å². The van der Waals surface area contributed by atoms with Crippen molar-refractivity contribution in [3.63, 3.8) is 0 Å². The van der Waals surface area contributed by atoms with E-state index >= 15 is 0 Å². The van der Waals surface area contributed by atoms with Crippen molar-refractivity contribution in [1.29, 1.82) is 0 Å². The van der Waals surface area contributed by atoms with Gasteiger partial charge in [-0.2, -0.15) is 0 Å². The maximum Gasteiger partial charge on any atom is 0.193 e. The first-order valence-corrected chi connectivity index (χ1v) is 6.95. The smallest absolute Gasteiger partial charge is 0.193 e. The molecule has 0 spiro atoms. The second-order valence-corrected chi connectivity index (χ2v) is 5.05. The Labute approximate surface area is 106 Å². The van der Waals surface area contributed by atoms with Crippen LogP contribution in [0.4, 0.5) is 0 Å². The summed E-state index contributed by atoms with van der Waals surface area (Å²) < 4.78 is 2.05. The van der Waals surface area contributed by atoms with Gasteiger partial charge in [-0.3, -0.25) is 9.30 Å². The van der Waals surface area contributed by atoms with Crippen LogP contribution < -0.4 is 0 Å². The lowest BCUT2D eigenvalue weighted by Crippen LogP contribution is -2.27. The first kappa shape index (κ1) is 12.5. The van der Waals surface area contributed by atoms with E-state index in [9.17, 15) is 0 Å². The van der Waals surface area contributed by atoms with Gasteiger partial charge in [0.05, 0.1) is 12.3 Å². The van der Waals surface area contributed by atoms with Crippen molar-refractivity contribution in [2.24, 2.45) is 0 Å². The van der Waals surface area contributed by atoms with Gasteiger partial charge in [0.1, 0.15) is 0 Å². The van der Waals surface area contributed by atoms with E-state index in [0.717, 1.165) is 30.3 Å². The Kier molecular flexibility index (Phi) is 4.53. The molecule has 2 rings (SSSR count). The van der Waals surface area contributed by atoms with Gasteiger partial charge >= 0.3 is 0 Å². The highest BCUT2D eigenvalue weighted by atomic mass is 32.1. The molecule has 0 aliphatic carbocycles. The molecule has 0 amide bonds. The van der Waals surface area contributed by atoms with Crippen molar-refractivity contribution in [2.45, 2.75) is 26.3 Å². The van der Waals surface area contributed by atoms with E-state index in [2.05, 4.69) is 27.4 Å². The molecule has 0 unspecified atom stereocenters. The lowest BCUT2D eigenvalue weighted by Gasteiger charge is -2.19. The van der Waals surface area contributed by atoms with Gasteiger partial charge in [0.2, 0.25) is 0 Å². The standard InChI is InChI=1S/C12H19N3OS/c1-2-3-4-14(5-7-16)9-11-10-15-6-8-17-12(15)13-11/h6,8,10,16H,2-5,7,9H2,1H3. The van der Waals surface area contributed by atoms with Crippen molar-refractivity contribution >= 4 is 16.3 Å². The van der Waals surface area contributed by atoms with Gasteiger partial charge in [-0.05, 0) is 13.0 Å². The SMILES string of the molecule is CCCCN(CCO)Cc1cn2ccsc2n1. The molecule has 0 aliphatic heterocycles. The summed E-state index contributed by atoms with van der Waals surface area (Å²) in [6.45, 7) is 4.98. The first-order chi connectivity index (χ1) is 8.33. The Morgan fingerprint density at radius 3 is 3.06 bits per heavy atom. The van der Waals surface area contributed by atoms with E-state index in [1.54, 1.807) is 11.3 Å². The van der Waals surface area contributed by atoms with Crippen molar-refractivity contribution < 1.29 is 5.11 Å². The third-order valence-electron chi connectivity index (χ3n) is 2.77. The molecule has 2 heterocycles. The second-order valence-electron chi connectivity index (χ2n) is 4.18. The topological polar surface area (TPSA) is 40.8 Å². The Morgan fingerprint density at radius 1 is 1.47 bits per heavy atom. The molecule has 0 saturated heterocycles. The van der Waals surface area contributed by atoms with Crippen molar-refractivity contribution in [3.05, 3.63) is 23.5 Å². The minimum Gasteiger partial charge on any atom is -0.395 e. The summed E-state index contributed by atoms with van der Waals surface area (Å²) in [6, 6.07) is 0. The van der Waals surface area contributed by atoms with Crippen molar-refractivity contribution in [2.75, 3.05) is 19.7 Å². The molecule has 0 atom stereocenters. The number of unbranched alkanes of at least 4 members (excludes halogenated alkanes) is 1. The zero-order chi connectivity index (χ0) is 12.1. The highest BCUT2D eigenvalue weighted by molar-refractivity contribution is 7.15. The summed E-state index contributed by atoms with van der Waals surface area (Å²) in [7, 11) is 0. The van der Waals surface area contributed by atoms with Gasteiger partial charge in [-0.15, -0.1) is 11.3 Å².